The highest BCUT2D eigenvalue weighted by Crippen LogP contribution is 2.44. The van der Waals surface area contributed by atoms with Gasteiger partial charge in [-0.3, -0.25) is 9.29 Å². The molecule has 1 aromatic heterocycles. The third kappa shape index (κ3) is 5.45. The maximum atomic E-state index is 12.5. The fourth-order valence-corrected chi connectivity index (χ4v) is 6.39. The predicted molar refractivity (Wildman–Crippen MR) is 148 cm³/mol. The molecule has 0 saturated carbocycles. The van der Waals surface area contributed by atoms with Crippen LogP contribution in [0.2, 0.25) is 0 Å². The van der Waals surface area contributed by atoms with Gasteiger partial charge in [0.15, 0.2) is 0 Å². The van der Waals surface area contributed by atoms with Crippen LogP contribution >= 0.6 is 11.8 Å². The third-order valence-corrected chi connectivity index (χ3v) is 8.10. The number of fused-ring (bicyclic) bond motifs is 1. The van der Waals surface area contributed by atoms with Crippen molar-refractivity contribution >= 4 is 28.6 Å². The van der Waals surface area contributed by atoms with E-state index >= 15 is 0 Å². The lowest BCUT2D eigenvalue weighted by molar-refractivity contribution is 0.191. The average molecular weight is 504 g/mol. The molecule has 2 aliphatic heterocycles. The minimum absolute atomic E-state index is 0.103. The number of pyridine rings is 1. The van der Waals surface area contributed by atoms with Gasteiger partial charge in [-0.1, -0.05) is 29.8 Å². The van der Waals surface area contributed by atoms with Crippen LogP contribution in [-0.4, -0.2) is 48.0 Å². The quantitative estimate of drug-likeness (QED) is 0.371. The molecule has 4 nitrogen and oxygen atoms in total. The minimum Gasteiger partial charge on any atom is -0.473 e. The molecule has 36 heavy (non-hydrogen) atoms. The molecular weight excluding hydrogens is 469 g/mol. The number of benzene rings is 2. The maximum absolute atomic E-state index is 12.5. The first-order valence-corrected chi connectivity index (χ1v) is 13.8. The van der Waals surface area contributed by atoms with Crippen LogP contribution in [-0.2, 0) is 0 Å². The summed E-state index contributed by atoms with van der Waals surface area (Å²) in [5.41, 5.74) is 15.7. The van der Waals surface area contributed by atoms with Gasteiger partial charge in [0.1, 0.15) is 6.10 Å². The van der Waals surface area contributed by atoms with Gasteiger partial charge >= 0.3 is 0 Å². The number of likely N-dealkylation sites (tertiary alicyclic amines) is 1. The predicted octanol–water partition coefficient (Wildman–Crippen LogP) is 6.55. The van der Waals surface area contributed by atoms with Crippen molar-refractivity contribution in [3.8, 4) is 5.88 Å². The third-order valence-electron chi connectivity index (χ3n) is 7.04. The number of thioether (sulfide) groups is 1. The van der Waals surface area contributed by atoms with Gasteiger partial charge in [0.25, 0.3) is 0 Å². The highest BCUT2D eigenvalue weighted by atomic mass is 32.2. The summed E-state index contributed by atoms with van der Waals surface area (Å²) in [6, 6.07) is 17.1. The Hall–Kier alpha value is -2.83. The molecule has 0 bridgehead atoms. The lowest BCUT2D eigenvalue weighted by Crippen LogP contribution is -2.26. The molecule has 3 aromatic rings. The Morgan fingerprint density at radius 1 is 1.11 bits per heavy atom. The first kappa shape index (κ1) is 24.8. The zero-order chi connectivity index (χ0) is 25.1. The Balaban J connectivity index is 1.49. The van der Waals surface area contributed by atoms with Crippen LogP contribution in [0.1, 0.15) is 47.1 Å². The van der Waals surface area contributed by atoms with Crippen molar-refractivity contribution in [2.75, 3.05) is 37.8 Å². The number of aromatic nitrogens is 1. The zero-order valence-electron chi connectivity index (χ0n) is 21.1. The molecule has 6 heteroatoms. The van der Waals surface area contributed by atoms with Gasteiger partial charge in [-0.25, -0.2) is 4.98 Å². The van der Waals surface area contributed by atoms with Crippen LogP contribution in [0.3, 0.4) is 0 Å². The van der Waals surface area contributed by atoms with Crippen molar-refractivity contribution in [3.05, 3.63) is 82.5 Å². The van der Waals surface area contributed by atoms with Gasteiger partial charge in [-0.05, 0) is 79.1 Å². The number of alkyl halides is 1. The molecule has 1 saturated heterocycles. The van der Waals surface area contributed by atoms with Gasteiger partial charge < -0.3 is 10.5 Å². The van der Waals surface area contributed by atoms with Gasteiger partial charge in [0.05, 0.1) is 6.67 Å². The molecule has 1 atom stereocenters. The number of nitrogens with two attached hydrogens (primary N) is 1. The van der Waals surface area contributed by atoms with E-state index in [1.165, 1.54) is 38.3 Å². The van der Waals surface area contributed by atoms with E-state index in [1.54, 1.807) is 0 Å². The molecule has 0 aliphatic carbocycles. The van der Waals surface area contributed by atoms with Gasteiger partial charge in [0.2, 0.25) is 5.88 Å². The molecule has 0 spiro atoms. The molecule has 0 radical (unpaired) electrons. The Morgan fingerprint density at radius 3 is 2.75 bits per heavy atom. The molecule has 2 aliphatic rings. The van der Waals surface area contributed by atoms with Crippen molar-refractivity contribution < 1.29 is 9.13 Å². The Labute approximate surface area is 217 Å². The summed E-state index contributed by atoms with van der Waals surface area (Å²) in [7, 11) is 0. The van der Waals surface area contributed by atoms with Crippen LogP contribution in [0.5, 0.6) is 5.88 Å². The number of aryl methyl sites for hydroxylation is 2. The monoisotopic (exact) mass is 503 g/mol. The van der Waals surface area contributed by atoms with E-state index in [9.17, 15) is 4.39 Å². The van der Waals surface area contributed by atoms with Crippen molar-refractivity contribution in [1.29, 1.82) is 0 Å². The van der Waals surface area contributed by atoms with Crippen molar-refractivity contribution in [2.24, 2.45) is 0 Å². The van der Waals surface area contributed by atoms with E-state index in [2.05, 4.69) is 55.1 Å². The molecule has 1 unspecified atom stereocenters. The van der Waals surface area contributed by atoms with Crippen molar-refractivity contribution in [1.82, 2.24) is 9.88 Å². The van der Waals surface area contributed by atoms with E-state index < -0.39 is 0 Å². The van der Waals surface area contributed by atoms with E-state index in [0.29, 0.717) is 12.3 Å². The summed E-state index contributed by atoms with van der Waals surface area (Å²) in [4.78, 5) is 8.21. The van der Waals surface area contributed by atoms with Gasteiger partial charge in [0, 0.05) is 53.8 Å². The number of nitrogens with zero attached hydrogens (tertiary/aromatic N) is 2. The van der Waals surface area contributed by atoms with Crippen LogP contribution in [0.15, 0.2) is 59.6 Å². The number of ether oxygens (including phenoxy) is 1. The number of hydrogen-bond donors (Lipinski definition) is 1. The summed E-state index contributed by atoms with van der Waals surface area (Å²) >= 11 is 1.86. The van der Waals surface area contributed by atoms with E-state index in [1.807, 2.05) is 30.1 Å². The largest absolute Gasteiger partial charge is 0.473 e. The van der Waals surface area contributed by atoms with Crippen molar-refractivity contribution in [3.63, 3.8) is 0 Å². The van der Waals surface area contributed by atoms with Crippen LogP contribution in [0.25, 0.3) is 11.1 Å². The van der Waals surface area contributed by atoms with Crippen LogP contribution < -0.4 is 10.5 Å². The molecule has 5 rings (SSSR count). The van der Waals surface area contributed by atoms with Crippen LogP contribution in [0, 0.1) is 13.8 Å². The van der Waals surface area contributed by atoms with E-state index in [0.717, 1.165) is 49.5 Å². The summed E-state index contributed by atoms with van der Waals surface area (Å²) in [5.74, 6) is 1.64. The number of hydrogen-bond acceptors (Lipinski definition) is 5. The van der Waals surface area contributed by atoms with Gasteiger partial charge in [-0.15, -0.1) is 11.8 Å². The fraction of sp³-hybridized carbons (Fsp3) is 0.367. The molecule has 2 N–H and O–H groups in total. The summed E-state index contributed by atoms with van der Waals surface area (Å²) in [6.45, 7) is 6.64. The number of rotatable bonds is 7. The molecular formula is C30H34FN3OS. The number of allylic oxidation sites excluding steroid dienone is 1. The summed E-state index contributed by atoms with van der Waals surface area (Å²) in [5, 5.41) is 0. The number of halogens is 1. The zero-order valence-corrected chi connectivity index (χ0v) is 21.9. The molecule has 2 aromatic carbocycles. The average Bonchev–Trinajstić information content (AvgIpc) is 3.22. The molecule has 0 amide bonds. The number of nitrogen functional groups attached to an aromatic ring is 1. The lowest BCUT2D eigenvalue weighted by Gasteiger charge is -2.19. The highest BCUT2D eigenvalue weighted by molar-refractivity contribution is 7.99. The maximum Gasteiger partial charge on any atom is 0.213 e. The first-order valence-electron chi connectivity index (χ1n) is 12.8. The van der Waals surface area contributed by atoms with E-state index in [4.69, 9.17) is 15.5 Å². The first-order chi connectivity index (χ1) is 17.5. The second-order valence-electron chi connectivity index (χ2n) is 9.78. The minimum atomic E-state index is -0.265. The smallest absolute Gasteiger partial charge is 0.213 e. The molecule has 3 heterocycles. The second kappa shape index (κ2) is 11.1. The van der Waals surface area contributed by atoms with Crippen LogP contribution in [0.4, 0.5) is 10.1 Å². The number of anilines is 1. The topological polar surface area (TPSA) is 51.4 Å². The normalized spacial score (nSPS) is 18.2. The molecule has 1 fully saturated rings. The summed E-state index contributed by atoms with van der Waals surface area (Å²) < 4.78 is 18.7. The Kier molecular flexibility index (Phi) is 7.63. The second-order valence-corrected chi connectivity index (χ2v) is 10.9. The highest BCUT2D eigenvalue weighted by Gasteiger charge is 2.25. The van der Waals surface area contributed by atoms with Crippen molar-refractivity contribution in [2.45, 2.75) is 44.1 Å². The Bertz CT molecular complexity index is 1260. The molecule has 188 valence electrons. The van der Waals surface area contributed by atoms with E-state index in [-0.39, 0.29) is 12.8 Å². The fourth-order valence-electron chi connectivity index (χ4n) is 5.32. The Morgan fingerprint density at radius 2 is 1.97 bits per heavy atom. The SMILES string of the molecule is Cc1ccc(C2=C(c3ccc(OC4CCN(CCCF)C4)nc3)c3ccc(N)cc3SCC2)c(C)c1. The van der Waals surface area contributed by atoms with Gasteiger partial charge in [-0.2, -0.15) is 0 Å². The summed E-state index contributed by atoms with van der Waals surface area (Å²) in [6.07, 6.45) is 4.55. The standard InChI is InChI=1S/C30H34FN3OS/c1-20-4-7-25(21(2)16-20)26-11-15-36-28-17-23(32)6-8-27(28)30(26)22-5-9-29(33-18-22)35-24-10-14-34(19-24)13-3-12-31/h4-9,16-18,24H,3,10-15,19,32H2,1-2H3. The lowest BCUT2D eigenvalue weighted by atomic mass is 9.87.